The minimum absolute atomic E-state index is 0.0952. The lowest BCUT2D eigenvalue weighted by Gasteiger charge is -2.18. The largest absolute Gasteiger partial charge is 0.494 e. The van der Waals surface area contributed by atoms with Gasteiger partial charge < -0.3 is 20.3 Å². The second-order valence-electron chi connectivity index (χ2n) is 8.03. The van der Waals surface area contributed by atoms with Gasteiger partial charge in [-0.1, -0.05) is 19.1 Å². The minimum Gasteiger partial charge on any atom is -0.494 e. The number of ether oxygens (including phenoxy) is 1. The molecule has 2 N–H and O–H groups in total. The smallest absolute Gasteiger partial charge is 0.253 e. The molecule has 1 aliphatic carbocycles. The molecule has 2 aliphatic rings. The molecule has 31 heavy (non-hydrogen) atoms. The molecule has 1 aliphatic heterocycles. The molecular formula is C24H27N3O4. The number of nitrogens with one attached hydrogen (secondary N) is 2. The Bertz CT molecular complexity index is 969. The van der Waals surface area contributed by atoms with Crippen molar-refractivity contribution in [3.05, 3.63) is 54.1 Å². The zero-order valence-electron chi connectivity index (χ0n) is 17.6. The maximum atomic E-state index is 12.9. The number of benzene rings is 2. The highest BCUT2D eigenvalue weighted by molar-refractivity contribution is 6.07. The van der Waals surface area contributed by atoms with Crippen molar-refractivity contribution < 1.29 is 19.1 Å². The topological polar surface area (TPSA) is 87.7 Å². The molecule has 2 aromatic carbocycles. The number of anilines is 2. The van der Waals surface area contributed by atoms with E-state index in [2.05, 4.69) is 10.6 Å². The summed E-state index contributed by atoms with van der Waals surface area (Å²) in [5, 5.41) is 5.80. The van der Waals surface area contributed by atoms with Crippen LogP contribution in [-0.4, -0.2) is 36.9 Å². The van der Waals surface area contributed by atoms with Crippen molar-refractivity contribution >= 4 is 29.1 Å². The molecule has 7 heteroatoms. The van der Waals surface area contributed by atoms with E-state index in [1.807, 2.05) is 31.2 Å². The van der Waals surface area contributed by atoms with Crippen LogP contribution in [0.2, 0.25) is 0 Å². The van der Waals surface area contributed by atoms with E-state index in [-0.39, 0.29) is 30.2 Å². The summed E-state index contributed by atoms with van der Waals surface area (Å²) in [5.74, 6) is -0.267. The van der Waals surface area contributed by atoms with Gasteiger partial charge in [0.1, 0.15) is 5.75 Å². The highest BCUT2D eigenvalue weighted by Gasteiger charge is 2.35. The Hall–Kier alpha value is -3.35. The van der Waals surface area contributed by atoms with Crippen LogP contribution in [-0.2, 0) is 9.59 Å². The molecule has 0 spiro atoms. The van der Waals surface area contributed by atoms with Crippen LogP contribution in [0.3, 0.4) is 0 Å². The van der Waals surface area contributed by atoms with Gasteiger partial charge >= 0.3 is 0 Å². The number of amides is 3. The molecule has 1 saturated heterocycles. The predicted molar refractivity (Wildman–Crippen MR) is 118 cm³/mol. The average Bonchev–Trinajstić information content (AvgIpc) is 3.51. The van der Waals surface area contributed by atoms with Gasteiger partial charge in [0.15, 0.2) is 0 Å². The minimum atomic E-state index is -0.483. The first-order chi connectivity index (χ1) is 15.0. The number of nitrogens with zero attached hydrogens (tertiary/aromatic N) is 1. The van der Waals surface area contributed by atoms with Gasteiger partial charge in [-0.25, -0.2) is 0 Å². The van der Waals surface area contributed by atoms with Gasteiger partial charge in [-0.3, -0.25) is 14.4 Å². The third-order valence-electron chi connectivity index (χ3n) is 5.46. The summed E-state index contributed by atoms with van der Waals surface area (Å²) in [5.41, 5.74) is 1.65. The van der Waals surface area contributed by atoms with E-state index in [4.69, 9.17) is 4.74 Å². The van der Waals surface area contributed by atoms with E-state index in [1.54, 1.807) is 29.2 Å². The first-order valence-corrected chi connectivity index (χ1v) is 10.8. The maximum Gasteiger partial charge on any atom is 0.253 e. The van der Waals surface area contributed by atoms with E-state index in [0.29, 0.717) is 24.4 Å². The number of rotatable bonds is 8. The summed E-state index contributed by atoms with van der Waals surface area (Å²) in [6.45, 7) is 2.99. The highest BCUT2D eigenvalue weighted by Crippen LogP contribution is 2.28. The third-order valence-corrected chi connectivity index (χ3v) is 5.46. The highest BCUT2D eigenvalue weighted by atomic mass is 16.5. The Morgan fingerprint density at radius 1 is 1.10 bits per heavy atom. The molecule has 1 saturated carbocycles. The van der Waals surface area contributed by atoms with E-state index >= 15 is 0 Å². The zero-order chi connectivity index (χ0) is 21.8. The SMILES string of the molecule is CCCOc1ccc(N2C[C@@H](C(=O)Nc3ccccc3C(=O)NC3CC3)CC2=O)cc1. The summed E-state index contributed by atoms with van der Waals surface area (Å²) in [6.07, 6.45) is 3.04. The van der Waals surface area contributed by atoms with E-state index in [9.17, 15) is 14.4 Å². The van der Waals surface area contributed by atoms with Gasteiger partial charge in [-0.2, -0.15) is 0 Å². The van der Waals surface area contributed by atoms with Crippen LogP contribution >= 0.6 is 0 Å². The van der Waals surface area contributed by atoms with Gasteiger partial charge in [0.2, 0.25) is 11.8 Å². The fourth-order valence-corrected chi connectivity index (χ4v) is 3.59. The number of carbonyl (C=O) groups is 3. The number of hydrogen-bond donors (Lipinski definition) is 2. The van der Waals surface area contributed by atoms with Crippen LogP contribution < -0.4 is 20.3 Å². The lowest BCUT2D eigenvalue weighted by molar-refractivity contribution is -0.122. The lowest BCUT2D eigenvalue weighted by Crippen LogP contribution is -2.30. The molecule has 0 radical (unpaired) electrons. The van der Waals surface area contributed by atoms with Gasteiger partial charge in [0.05, 0.1) is 23.8 Å². The average molecular weight is 421 g/mol. The summed E-state index contributed by atoms with van der Waals surface area (Å²) in [7, 11) is 0. The van der Waals surface area contributed by atoms with E-state index in [0.717, 1.165) is 30.7 Å². The van der Waals surface area contributed by atoms with Crippen molar-refractivity contribution in [1.82, 2.24) is 5.32 Å². The van der Waals surface area contributed by atoms with Crippen LogP contribution in [0.1, 0.15) is 43.0 Å². The van der Waals surface area contributed by atoms with Crippen molar-refractivity contribution in [2.75, 3.05) is 23.4 Å². The Kier molecular flexibility index (Phi) is 6.21. The second kappa shape index (κ2) is 9.20. The van der Waals surface area contributed by atoms with Crippen molar-refractivity contribution in [2.45, 2.75) is 38.6 Å². The van der Waals surface area contributed by atoms with Gasteiger partial charge in [0.25, 0.3) is 5.91 Å². The summed E-state index contributed by atoms with van der Waals surface area (Å²) < 4.78 is 5.58. The summed E-state index contributed by atoms with van der Waals surface area (Å²) in [6, 6.07) is 14.5. The molecule has 1 heterocycles. The molecule has 162 valence electrons. The van der Waals surface area contributed by atoms with Crippen molar-refractivity contribution in [1.29, 1.82) is 0 Å². The van der Waals surface area contributed by atoms with Crippen LogP contribution in [0, 0.1) is 5.92 Å². The molecule has 2 aromatic rings. The van der Waals surface area contributed by atoms with Crippen molar-refractivity contribution in [2.24, 2.45) is 5.92 Å². The molecule has 7 nitrogen and oxygen atoms in total. The van der Waals surface area contributed by atoms with Crippen LogP contribution in [0.5, 0.6) is 5.75 Å². The molecule has 0 bridgehead atoms. The van der Waals surface area contributed by atoms with Gasteiger partial charge in [-0.05, 0) is 55.7 Å². The van der Waals surface area contributed by atoms with E-state index in [1.165, 1.54) is 0 Å². The normalized spacial score (nSPS) is 18.0. The van der Waals surface area contributed by atoms with E-state index < -0.39 is 5.92 Å². The molecule has 0 aromatic heterocycles. The molecule has 3 amide bonds. The van der Waals surface area contributed by atoms with Crippen molar-refractivity contribution in [3.8, 4) is 5.75 Å². The summed E-state index contributed by atoms with van der Waals surface area (Å²) in [4.78, 5) is 39.5. The second-order valence-corrected chi connectivity index (χ2v) is 8.03. The van der Waals surface area contributed by atoms with Gasteiger partial charge in [0, 0.05) is 24.7 Å². The maximum absolute atomic E-state index is 12.9. The quantitative estimate of drug-likeness (QED) is 0.684. The molecular weight excluding hydrogens is 394 g/mol. The zero-order valence-corrected chi connectivity index (χ0v) is 17.6. The van der Waals surface area contributed by atoms with Gasteiger partial charge in [-0.15, -0.1) is 0 Å². The fraction of sp³-hybridized carbons (Fsp3) is 0.375. The number of carbonyl (C=O) groups excluding carboxylic acids is 3. The summed E-state index contributed by atoms with van der Waals surface area (Å²) >= 11 is 0. The Morgan fingerprint density at radius 2 is 1.84 bits per heavy atom. The standard InChI is InChI=1S/C24H27N3O4/c1-2-13-31-19-11-9-18(10-12-19)27-15-16(14-22(27)28)23(29)26-21-6-4-3-5-20(21)24(30)25-17-7-8-17/h3-6,9-12,16-17H,2,7-8,13-15H2,1H3,(H,25,30)(H,26,29)/t16-/m0/s1. The Balaban J connectivity index is 1.40. The van der Waals surface area contributed by atoms with Crippen LogP contribution in [0.15, 0.2) is 48.5 Å². The predicted octanol–water partition coefficient (Wildman–Crippen LogP) is 3.36. The Labute approximate surface area is 181 Å². The fourth-order valence-electron chi connectivity index (χ4n) is 3.59. The van der Waals surface area contributed by atoms with Crippen LogP contribution in [0.25, 0.3) is 0 Å². The number of hydrogen-bond acceptors (Lipinski definition) is 4. The first kappa shape index (κ1) is 20.9. The molecule has 4 rings (SSSR count). The first-order valence-electron chi connectivity index (χ1n) is 10.8. The molecule has 1 atom stereocenters. The molecule has 0 unspecified atom stereocenters. The molecule has 2 fully saturated rings. The lowest BCUT2D eigenvalue weighted by atomic mass is 10.1. The third kappa shape index (κ3) is 5.05. The van der Waals surface area contributed by atoms with Crippen LogP contribution in [0.4, 0.5) is 11.4 Å². The number of para-hydroxylation sites is 1. The van der Waals surface area contributed by atoms with Crippen molar-refractivity contribution in [3.63, 3.8) is 0 Å². The monoisotopic (exact) mass is 421 g/mol. The Morgan fingerprint density at radius 3 is 2.55 bits per heavy atom.